The summed E-state index contributed by atoms with van der Waals surface area (Å²) in [5.41, 5.74) is 5.04. The first-order valence-electron chi connectivity index (χ1n) is 11.8. The summed E-state index contributed by atoms with van der Waals surface area (Å²) in [4.78, 5) is 23.4. The van der Waals surface area contributed by atoms with E-state index >= 15 is 0 Å². The Kier molecular flexibility index (Phi) is 4.71. The molecule has 1 aliphatic heterocycles. The van der Waals surface area contributed by atoms with Crippen molar-refractivity contribution in [2.24, 2.45) is 0 Å². The molecule has 0 saturated heterocycles. The summed E-state index contributed by atoms with van der Waals surface area (Å²) in [5.74, 6) is 1.79. The number of pyridine rings is 1. The molecule has 2 aliphatic rings. The zero-order chi connectivity index (χ0) is 21.7. The maximum Gasteiger partial charge on any atom is 0.262 e. The third-order valence-corrected chi connectivity index (χ3v) is 7.25. The number of fused-ring (bicyclic) bond motifs is 5. The molecule has 4 aromatic rings. The second-order valence-corrected chi connectivity index (χ2v) is 9.09. The Morgan fingerprint density at radius 2 is 1.66 bits per heavy atom. The van der Waals surface area contributed by atoms with Gasteiger partial charge in [0.15, 0.2) is 5.82 Å². The Morgan fingerprint density at radius 3 is 2.47 bits per heavy atom. The van der Waals surface area contributed by atoms with Crippen LogP contribution in [0.15, 0.2) is 47.3 Å². The van der Waals surface area contributed by atoms with Crippen molar-refractivity contribution in [2.75, 3.05) is 7.11 Å². The van der Waals surface area contributed by atoms with Crippen molar-refractivity contribution in [2.45, 2.75) is 57.4 Å². The Labute approximate surface area is 187 Å². The normalized spacial score (nSPS) is 16.5. The number of para-hydroxylation sites is 2. The zero-order valence-corrected chi connectivity index (χ0v) is 18.4. The molecule has 0 bridgehead atoms. The highest BCUT2D eigenvalue weighted by atomic mass is 16.5. The molecule has 0 unspecified atom stereocenters. The van der Waals surface area contributed by atoms with Crippen molar-refractivity contribution in [3.63, 3.8) is 0 Å². The average Bonchev–Trinajstić information content (AvgIpc) is 3.16. The zero-order valence-electron chi connectivity index (χ0n) is 18.4. The van der Waals surface area contributed by atoms with E-state index in [2.05, 4.69) is 18.2 Å². The number of nitrogens with zero attached hydrogens (tertiary/aromatic N) is 3. The van der Waals surface area contributed by atoms with Gasteiger partial charge in [-0.1, -0.05) is 56.4 Å². The second kappa shape index (κ2) is 7.73. The van der Waals surface area contributed by atoms with Crippen LogP contribution in [0.5, 0.6) is 5.75 Å². The fourth-order valence-electron chi connectivity index (χ4n) is 5.70. The topological polar surface area (TPSA) is 57.0 Å². The first-order chi connectivity index (χ1) is 15.8. The summed E-state index contributed by atoms with van der Waals surface area (Å²) in [6.45, 7) is 0.549. The second-order valence-electron chi connectivity index (χ2n) is 9.09. The Hall–Kier alpha value is -3.21. The summed E-state index contributed by atoms with van der Waals surface area (Å²) in [6, 6.07) is 14.0. The molecule has 0 amide bonds. The molecule has 0 spiro atoms. The molecular formula is C27H27N3O2. The Morgan fingerprint density at radius 1 is 0.906 bits per heavy atom. The van der Waals surface area contributed by atoms with Crippen LogP contribution in [0.1, 0.15) is 62.0 Å². The molecule has 0 N–H and O–H groups in total. The van der Waals surface area contributed by atoms with E-state index in [4.69, 9.17) is 14.7 Å². The van der Waals surface area contributed by atoms with Crippen LogP contribution in [0.4, 0.5) is 0 Å². The lowest BCUT2D eigenvalue weighted by atomic mass is 9.82. The third kappa shape index (κ3) is 2.94. The summed E-state index contributed by atoms with van der Waals surface area (Å²) >= 11 is 0. The average molecular weight is 426 g/mol. The molecule has 1 fully saturated rings. The van der Waals surface area contributed by atoms with E-state index in [9.17, 15) is 4.79 Å². The van der Waals surface area contributed by atoms with E-state index in [1.807, 2.05) is 28.8 Å². The number of benzene rings is 2. The molecule has 5 heteroatoms. The number of hydrogen-bond acceptors (Lipinski definition) is 4. The Bertz CT molecular complexity index is 1400. The van der Waals surface area contributed by atoms with Crippen LogP contribution >= 0.6 is 0 Å². The van der Waals surface area contributed by atoms with Crippen molar-refractivity contribution in [3.05, 3.63) is 63.9 Å². The van der Waals surface area contributed by atoms with Crippen LogP contribution in [0.2, 0.25) is 0 Å². The van der Waals surface area contributed by atoms with Gasteiger partial charge in [-0.3, -0.25) is 9.36 Å². The maximum atomic E-state index is 13.5. The van der Waals surface area contributed by atoms with Gasteiger partial charge in [-0.25, -0.2) is 9.97 Å². The summed E-state index contributed by atoms with van der Waals surface area (Å²) in [6.07, 6.45) is 8.91. The highest BCUT2D eigenvalue weighted by molar-refractivity contribution is 5.90. The fraction of sp³-hybridized carbons (Fsp3) is 0.370. The van der Waals surface area contributed by atoms with E-state index in [1.165, 1.54) is 61.5 Å². The molecule has 6 rings (SSSR count). The summed E-state index contributed by atoms with van der Waals surface area (Å²) in [5, 5.41) is 1.83. The molecule has 0 atom stereocenters. The molecule has 0 radical (unpaired) electrons. The van der Waals surface area contributed by atoms with Gasteiger partial charge in [0.1, 0.15) is 17.0 Å². The summed E-state index contributed by atoms with van der Waals surface area (Å²) in [7, 11) is 1.62. The molecule has 3 heterocycles. The van der Waals surface area contributed by atoms with Crippen molar-refractivity contribution < 1.29 is 4.74 Å². The van der Waals surface area contributed by atoms with Gasteiger partial charge in [0.2, 0.25) is 0 Å². The van der Waals surface area contributed by atoms with Crippen LogP contribution in [0.25, 0.3) is 33.3 Å². The van der Waals surface area contributed by atoms with Crippen LogP contribution < -0.4 is 10.3 Å². The van der Waals surface area contributed by atoms with Gasteiger partial charge in [0.05, 0.1) is 24.6 Å². The highest BCUT2D eigenvalue weighted by Crippen LogP contribution is 2.42. The molecule has 162 valence electrons. The van der Waals surface area contributed by atoms with Gasteiger partial charge in [0.25, 0.3) is 5.56 Å². The minimum atomic E-state index is -0.0189. The Balaban J connectivity index is 1.63. The minimum Gasteiger partial charge on any atom is -0.494 e. The van der Waals surface area contributed by atoms with Crippen LogP contribution in [0.3, 0.4) is 0 Å². The van der Waals surface area contributed by atoms with Crippen LogP contribution in [-0.2, 0) is 6.54 Å². The maximum absolute atomic E-state index is 13.5. The van der Waals surface area contributed by atoms with Crippen molar-refractivity contribution in [1.29, 1.82) is 0 Å². The molecule has 5 nitrogen and oxygen atoms in total. The van der Waals surface area contributed by atoms with Crippen molar-refractivity contribution in [1.82, 2.24) is 14.5 Å². The first kappa shape index (κ1) is 19.5. The number of hydrogen-bond donors (Lipinski definition) is 0. The van der Waals surface area contributed by atoms with E-state index < -0.39 is 0 Å². The van der Waals surface area contributed by atoms with Gasteiger partial charge < -0.3 is 4.74 Å². The third-order valence-electron chi connectivity index (χ3n) is 7.25. The molecular weight excluding hydrogens is 398 g/mol. The standard InChI is InChI=1S/C27H27N3O2/c1-32-22-15-9-13-19-24(22)29-26-25-20(16-30(26)27(19)31)23(17-10-5-3-2-4-6-11-17)18-12-7-8-14-21(18)28-25/h7-9,12-15,17H,2-6,10-11,16H2,1H3. The first-order valence-corrected chi connectivity index (χ1v) is 11.8. The SMILES string of the molecule is COc1cccc2c(=O)n3c(nc12)-c1nc2ccccc2c(C2CCCCCCC2)c1C3. The lowest BCUT2D eigenvalue weighted by Crippen LogP contribution is -2.20. The number of methoxy groups -OCH3 is 1. The van der Waals surface area contributed by atoms with E-state index in [1.54, 1.807) is 7.11 Å². The predicted molar refractivity (Wildman–Crippen MR) is 127 cm³/mol. The van der Waals surface area contributed by atoms with Gasteiger partial charge in [-0.05, 0) is 42.5 Å². The van der Waals surface area contributed by atoms with Gasteiger partial charge in [-0.2, -0.15) is 0 Å². The summed E-state index contributed by atoms with van der Waals surface area (Å²) < 4.78 is 7.32. The molecule has 1 saturated carbocycles. The molecule has 2 aromatic heterocycles. The molecule has 32 heavy (non-hydrogen) atoms. The molecule has 1 aliphatic carbocycles. The number of aromatic nitrogens is 3. The van der Waals surface area contributed by atoms with Crippen LogP contribution in [0, 0.1) is 0 Å². The van der Waals surface area contributed by atoms with Gasteiger partial charge in [0, 0.05) is 10.9 Å². The van der Waals surface area contributed by atoms with E-state index in [0.717, 1.165) is 11.2 Å². The predicted octanol–water partition coefficient (Wildman–Crippen LogP) is 5.81. The number of rotatable bonds is 2. The number of ether oxygens (including phenoxy) is 1. The van der Waals surface area contributed by atoms with Gasteiger partial charge in [-0.15, -0.1) is 0 Å². The lowest BCUT2D eigenvalue weighted by molar-refractivity contribution is 0.418. The molecule has 2 aromatic carbocycles. The smallest absolute Gasteiger partial charge is 0.262 e. The van der Waals surface area contributed by atoms with E-state index in [-0.39, 0.29) is 5.56 Å². The monoisotopic (exact) mass is 425 g/mol. The van der Waals surface area contributed by atoms with Gasteiger partial charge >= 0.3 is 0 Å². The van der Waals surface area contributed by atoms with E-state index in [0.29, 0.717) is 34.9 Å². The van der Waals surface area contributed by atoms with Crippen molar-refractivity contribution in [3.8, 4) is 17.3 Å². The largest absolute Gasteiger partial charge is 0.494 e. The fourth-order valence-corrected chi connectivity index (χ4v) is 5.70. The minimum absolute atomic E-state index is 0.0189. The van der Waals surface area contributed by atoms with Crippen molar-refractivity contribution >= 4 is 21.8 Å². The lowest BCUT2D eigenvalue weighted by Gasteiger charge is -2.24. The van der Waals surface area contributed by atoms with Crippen LogP contribution in [-0.4, -0.2) is 21.6 Å². The quantitative estimate of drug-likeness (QED) is 0.358. The highest BCUT2D eigenvalue weighted by Gasteiger charge is 2.31.